The number of hydrogen-bond donors (Lipinski definition) is 0. The van der Waals surface area contributed by atoms with Crippen molar-refractivity contribution in [1.29, 1.82) is 5.26 Å². The van der Waals surface area contributed by atoms with Crippen LogP contribution in [0.1, 0.15) is 29.6 Å². The number of likely N-dealkylation sites (tertiary alicyclic amines) is 1. The van der Waals surface area contributed by atoms with Crippen LogP contribution in [0.4, 0.5) is 8.78 Å². The van der Waals surface area contributed by atoms with Crippen LogP contribution in [0, 0.1) is 11.3 Å². The van der Waals surface area contributed by atoms with Crippen LogP contribution in [0.3, 0.4) is 0 Å². The lowest BCUT2D eigenvalue weighted by atomic mass is 9.97. The average molecular weight is 459 g/mol. The predicted molar refractivity (Wildman–Crippen MR) is 121 cm³/mol. The summed E-state index contributed by atoms with van der Waals surface area (Å²) in [6.45, 7) is -0.792. The molecule has 1 fully saturated rings. The largest absolute Gasteiger partial charge is 0.464 e. The van der Waals surface area contributed by atoms with Gasteiger partial charge in [0.05, 0.1) is 24.4 Å². The first-order valence-corrected chi connectivity index (χ1v) is 10.8. The molecule has 1 aliphatic heterocycles. The van der Waals surface area contributed by atoms with Gasteiger partial charge in [0.15, 0.2) is 5.78 Å². The van der Waals surface area contributed by atoms with Crippen LogP contribution in [-0.2, 0) is 4.79 Å². The summed E-state index contributed by atoms with van der Waals surface area (Å²) in [6.07, 6.45) is 2.08. The van der Waals surface area contributed by atoms with Crippen molar-refractivity contribution < 1.29 is 22.8 Å². The van der Waals surface area contributed by atoms with Gasteiger partial charge in [-0.3, -0.25) is 14.6 Å². The van der Waals surface area contributed by atoms with E-state index in [4.69, 9.17) is 9.68 Å². The van der Waals surface area contributed by atoms with Crippen molar-refractivity contribution in [3.63, 3.8) is 0 Å². The molecule has 1 saturated heterocycles. The number of carbonyl (C=O) groups is 2. The summed E-state index contributed by atoms with van der Waals surface area (Å²) >= 11 is 0. The van der Waals surface area contributed by atoms with E-state index in [1.54, 1.807) is 18.4 Å². The van der Waals surface area contributed by atoms with Crippen molar-refractivity contribution in [3.05, 3.63) is 66.6 Å². The highest BCUT2D eigenvalue weighted by atomic mass is 19.3. The van der Waals surface area contributed by atoms with Crippen molar-refractivity contribution in [2.24, 2.45) is 0 Å². The van der Waals surface area contributed by atoms with Gasteiger partial charge in [-0.2, -0.15) is 5.26 Å². The van der Waals surface area contributed by atoms with Gasteiger partial charge >= 0.3 is 0 Å². The monoisotopic (exact) mass is 459 g/mol. The molecule has 6 nitrogen and oxygen atoms in total. The number of Topliss-reactive ketones (excluding diaryl/α,β-unsaturated/α-hetero) is 1. The Labute approximate surface area is 193 Å². The number of fused-ring (bicyclic) bond motifs is 2. The van der Waals surface area contributed by atoms with Gasteiger partial charge < -0.3 is 9.32 Å². The Morgan fingerprint density at radius 1 is 1.12 bits per heavy atom. The zero-order chi connectivity index (χ0) is 23.9. The molecule has 5 rings (SSSR count). The second kappa shape index (κ2) is 8.34. The van der Waals surface area contributed by atoms with Crippen LogP contribution in [0.15, 0.2) is 65.4 Å². The molecule has 170 valence electrons. The number of nitrogens with zero attached hydrogens (tertiary/aromatic N) is 3. The van der Waals surface area contributed by atoms with Gasteiger partial charge in [-0.05, 0) is 41.5 Å². The van der Waals surface area contributed by atoms with E-state index in [1.807, 2.05) is 42.5 Å². The number of halogens is 2. The van der Waals surface area contributed by atoms with E-state index in [1.165, 1.54) is 6.20 Å². The molecule has 2 aromatic heterocycles. The summed E-state index contributed by atoms with van der Waals surface area (Å²) in [5.74, 6) is -4.00. The quantitative estimate of drug-likeness (QED) is 0.375. The van der Waals surface area contributed by atoms with Crippen LogP contribution >= 0.6 is 0 Å². The lowest BCUT2D eigenvalue weighted by molar-refractivity contribution is -0.132. The summed E-state index contributed by atoms with van der Waals surface area (Å²) in [4.78, 5) is 30.7. The molecule has 0 bridgehead atoms. The Balaban J connectivity index is 1.38. The third-order valence-electron chi connectivity index (χ3n) is 6.14. The van der Waals surface area contributed by atoms with Crippen LogP contribution in [-0.4, -0.2) is 40.1 Å². The number of benzene rings is 2. The Morgan fingerprint density at radius 2 is 1.91 bits per heavy atom. The SMILES string of the molecule is N#C[C@@H]1CC(F)(F)CN1C(=O)CCC(=O)c1ccnc2ccc(-c3ccc4ccoc4c3)cc12. The molecule has 0 radical (unpaired) electrons. The summed E-state index contributed by atoms with van der Waals surface area (Å²) in [7, 11) is 0. The van der Waals surface area contributed by atoms with Gasteiger partial charge in [0.25, 0.3) is 5.92 Å². The second-order valence-electron chi connectivity index (χ2n) is 8.41. The Hall–Kier alpha value is -4.12. The number of amides is 1. The Kier molecular flexibility index (Phi) is 5.33. The van der Waals surface area contributed by atoms with Crippen LogP contribution in [0.5, 0.6) is 0 Å². The molecule has 4 aromatic rings. The van der Waals surface area contributed by atoms with Gasteiger partial charge in [0, 0.05) is 41.8 Å². The van der Waals surface area contributed by atoms with Crippen molar-refractivity contribution in [2.75, 3.05) is 6.54 Å². The second-order valence-corrected chi connectivity index (χ2v) is 8.41. The summed E-state index contributed by atoms with van der Waals surface area (Å²) in [5, 5.41) is 10.7. The van der Waals surface area contributed by atoms with E-state index in [0.29, 0.717) is 16.5 Å². The lowest BCUT2D eigenvalue weighted by Crippen LogP contribution is -2.36. The maximum absolute atomic E-state index is 13.7. The molecule has 1 amide bonds. The smallest absolute Gasteiger partial charge is 0.268 e. The molecule has 0 unspecified atom stereocenters. The van der Waals surface area contributed by atoms with Crippen LogP contribution in [0.2, 0.25) is 0 Å². The normalized spacial score (nSPS) is 17.2. The topological polar surface area (TPSA) is 87.2 Å². The number of hydrogen-bond acceptors (Lipinski definition) is 5. The third-order valence-corrected chi connectivity index (χ3v) is 6.14. The molecule has 3 heterocycles. The number of furan rings is 1. The van der Waals surface area contributed by atoms with Crippen molar-refractivity contribution >= 4 is 33.6 Å². The van der Waals surface area contributed by atoms with E-state index in [9.17, 15) is 18.4 Å². The molecular formula is C26H19F2N3O3. The predicted octanol–water partition coefficient (Wildman–Crippen LogP) is 5.37. The number of alkyl halides is 2. The first-order chi connectivity index (χ1) is 16.3. The van der Waals surface area contributed by atoms with Gasteiger partial charge in [-0.15, -0.1) is 0 Å². The molecule has 1 atom stereocenters. The fraction of sp³-hybridized carbons (Fsp3) is 0.231. The highest BCUT2D eigenvalue weighted by Crippen LogP contribution is 2.33. The molecule has 0 N–H and O–H groups in total. The lowest BCUT2D eigenvalue weighted by Gasteiger charge is -2.18. The van der Waals surface area contributed by atoms with Crippen LogP contribution < -0.4 is 0 Å². The fourth-order valence-electron chi connectivity index (χ4n) is 4.40. The number of aromatic nitrogens is 1. The molecule has 0 saturated carbocycles. The first-order valence-electron chi connectivity index (χ1n) is 10.8. The van der Waals surface area contributed by atoms with E-state index in [0.717, 1.165) is 27.0 Å². The van der Waals surface area contributed by atoms with E-state index >= 15 is 0 Å². The molecular weight excluding hydrogens is 440 g/mol. The minimum Gasteiger partial charge on any atom is -0.464 e. The van der Waals surface area contributed by atoms with E-state index < -0.39 is 30.8 Å². The average Bonchev–Trinajstić information content (AvgIpc) is 3.44. The zero-order valence-corrected chi connectivity index (χ0v) is 18.0. The molecule has 34 heavy (non-hydrogen) atoms. The van der Waals surface area contributed by atoms with Gasteiger partial charge in [0.1, 0.15) is 11.6 Å². The minimum absolute atomic E-state index is 0.152. The van der Waals surface area contributed by atoms with E-state index in [-0.39, 0.29) is 18.6 Å². The summed E-state index contributed by atoms with van der Waals surface area (Å²) in [5.41, 5.74) is 3.58. The minimum atomic E-state index is -3.09. The number of carbonyl (C=O) groups excluding carboxylic acids is 2. The van der Waals surface area contributed by atoms with E-state index in [2.05, 4.69) is 4.98 Å². The van der Waals surface area contributed by atoms with Gasteiger partial charge in [-0.25, -0.2) is 8.78 Å². The summed E-state index contributed by atoms with van der Waals surface area (Å²) < 4.78 is 32.8. The molecule has 8 heteroatoms. The number of nitriles is 1. The highest BCUT2D eigenvalue weighted by molar-refractivity contribution is 6.08. The maximum atomic E-state index is 13.7. The first kappa shape index (κ1) is 21.7. The fourth-order valence-corrected chi connectivity index (χ4v) is 4.40. The number of pyridine rings is 1. The van der Waals surface area contributed by atoms with Crippen molar-refractivity contribution in [2.45, 2.75) is 31.2 Å². The third kappa shape index (κ3) is 4.01. The number of rotatable bonds is 5. The summed E-state index contributed by atoms with van der Waals surface area (Å²) in [6, 6.07) is 15.5. The van der Waals surface area contributed by atoms with Crippen molar-refractivity contribution in [1.82, 2.24) is 9.88 Å². The van der Waals surface area contributed by atoms with Gasteiger partial charge in [0.2, 0.25) is 5.91 Å². The molecule has 2 aromatic carbocycles. The highest BCUT2D eigenvalue weighted by Gasteiger charge is 2.47. The standard InChI is InChI=1S/C26H19F2N3O3/c27-26(28)13-19(14-29)31(15-26)25(33)6-5-23(32)20-7-9-30-22-4-3-17(11-21(20)22)18-2-1-16-8-10-34-24(16)12-18/h1-4,7-12,19H,5-6,13,15H2/t19-/m0/s1. The van der Waals surface area contributed by atoms with Crippen LogP contribution in [0.25, 0.3) is 33.0 Å². The molecule has 1 aliphatic rings. The van der Waals surface area contributed by atoms with Gasteiger partial charge in [-0.1, -0.05) is 18.2 Å². The zero-order valence-electron chi connectivity index (χ0n) is 18.0. The Morgan fingerprint density at radius 3 is 2.74 bits per heavy atom. The molecule has 0 aliphatic carbocycles. The van der Waals surface area contributed by atoms with Crippen molar-refractivity contribution in [3.8, 4) is 17.2 Å². The number of ketones is 1. The Bertz CT molecular complexity index is 1470. The maximum Gasteiger partial charge on any atom is 0.268 e. The molecule has 0 spiro atoms.